The molecule has 0 saturated carbocycles. The Morgan fingerprint density at radius 3 is 2.45 bits per heavy atom. The van der Waals surface area contributed by atoms with Crippen molar-refractivity contribution in [2.75, 3.05) is 4.72 Å². The van der Waals surface area contributed by atoms with Crippen LogP contribution in [0.25, 0.3) is 5.69 Å². The molecule has 114 valence electrons. The molecule has 0 saturated heterocycles. The van der Waals surface area contributed by atoms with E-state index in [0.29, 0.717) is 5.69 Å². The molecule has 0 aliphatic heterocycles. The predicted molar refractivity (Wildman–Crippen MR) is 88.7 cm³/mol. The number of sulfonamides is 1. The summed E-state index contributed by atoms with van der Waals surface area (Å²) in [5, 5.41) is 4.32. The van der Waals surface area contributed by atoms with Crippen molar-refractivity contribution in [3.8, 4) is 5.69 Å². The van der Waals surface area contributed by atoms with Gasteiger partial charge in [-0.05, 0) is 36.4 Å². The van der Waals surface area contributed by atoms with Crippen molar-refractivity contribution in [3.63, 3.8) is 0 Å². The van der Waals surface area contributed by atoms with Gasteiger partial charge < -0.3 is 0 Å². The van der Waals surface area contributed by atoms with E-state index in [-0.39, 0.29) is 13.6 Å². The Hall–Kier alpha value is -1.54. The van der Waals surface area contributed by atoms with Crippen LogP contribution in [0.3, 0.4) is 0 Å². The fourth-order valence-corrected chi connectivity index (χ4v) is 4.71. The maximum Gasteiger partial charge on any atom is 0.271 e. The molecule has 3 aromatic rings. The topological polar surface area (TPSA) is 64.0 Å². The number of rotatable bonds is 4. The number of halogens is 2. The number of nitrogens with one attached hydrogen (secondary N) is 1. The molecule has 0 atom stereocenters. The monoisotopic (exact) mass is 373 g/mol. The van der Waals surface area contributed by atoms with Crippen LogP contribution in [-0.2, 0) is 10.0 Å². The Morgan fingerprint density at radius 2 is 1.91 bits per heavy atom. The molecule has 0 bridgehead atoms. The van der Waals surface area contributed by atoms with Gasteiger partial charge in [0.25, 0.3) is 10.0 Å². The highest BCUT2D eigenvalue weighted by Gasteiger charge is 2.19. The Morgan fingerprint density at radius 1 is 1.18 bits per heavy atom. The van der Waals surface area contributed by atoms with E-state index in [4.69, 9.17) is 23.2 Å². The van der Waals surface area contributed by atoms with Crippen molar-refractivity contribution in [3.05, 3.63) is 58.2 Å². The number of hydrogen-bond donors (Lipinski definition) is 1. The molecule has 0 aliphatic rings. The molecule has 9 heteroatoms. The number of aromatic nitrogens is 2. The molecule has 0 amide bonds. The van der Waals surface area contributed by atoms with Gasteiger partial charge >= 0.3 is 0 Å². The molecule has 2 aromatic heterocycles. The van der Waals surface area contributed by atoms with Crippen LogP contribution >= 0.6 is 34.5 Å². The molecule has 5 nitrogen and oxygen atoms in total. The standard InChI is InChI=1S/C13H9Cl2N3O2S2/c14-11-8-12(21-13(11)15)22(19,20)17-9-2-4-10(5-3-9)18-7-1-6-16-18/h1-8,17H. The largest absolute Gasteiger partial charge is 0.279 e. The molecule has 2 heterocycles. The van der Waals surface area contributed by atoms with E-state index in [1.54, 1.807) is 47.4 Å². The summed E-state index contributed by atoms with van der Waals surface area (Å²) in [6, 6.07) is 9.98. The van der Waals surface area contributed by atoms with Crippen molar-refractivity contribution >= 4 is 50.2 Å². The van der Waals surface area contributed by atoms with Gasteiger partial charge in [0.2, 0.25) is 0 Å². The summed E-state index contributed by atoms with van der Waals surface area (Å²) in [6.07, 6.45) is 3.47. The Kier molecular flexibility index (Phi) is 4.14. The third kappa shape index (κ3) is 3.12. The molecule has 1 aromatic carbocycles. The molecular formula is C13H9Cl2N3O2S2. The maximum atomic E-state index is 12.2. The number of anilines is 1. The highest BCUT2D eigenvalue weighted by Crippen LogP contribution is 2.35. The van der Waals surface area contributed by atoms with Crippen molar-refractivity contribution in [1.82, 2.24) is 9.78 Å². The summed E-state index contributed by atoms with van der Waals surface area (Å²) in [7, 11) is -3.70. The van der Waals surface area contributed by atoms with Crippen LogP contribution in [0, 0.1) is 0 Å². The van der Waals surface area contributed by atoms with Crippen molar-refractivity contribution in [2.24, 2.45) is 0 Å². The molecule has 0 unspecified atom stereocenters. The van der Waals surface area contributed by atoms with Crippen LogP contribution < -0.4 is 4.72 Å². The molecule has 22 heavy (non-hydrogen) atoms. The average Bonchev–Trinajstić information content (AvgIpc) is 3.11. The maximum absolute atomic E-state index is 12.2. The van der Waals surface area contributed by atoms with Crippen molar-refractivity contribution < 1.29 is 8.42 Å². The van der Waals surface area contributed by atoms with Crippen LogP contribution in [0.4, 0.5) is 5.69 Å². The lowest BCUT2D eigenvalue weighted by atomic mass is 10.3. The zero-order valence-corrected chi connectivity index (χ0v) is 14.0. The van der Waals surface area contributed by atoms with Crippen molar-refractivity contribution in [1.29, 1.82) is 0 Å². The highest BCUT2D eigenvalue weighted by molar-refractivity contribution is 7.94. The molecule has 0 spiro atoms. The SMILES string of the molecule is O=S(=O)(Nc1ccc(-n2cccn2)cc1)c1cc(Cl)c(Cl)s1. The number of benzene rings is 1. The Balaban J connectivity index is 1.83. The summed E-state index contributed by atoms with van der Waals surface area (Å²) >= 11 is 12.5. The fraction of sp³-hybridized carbons (Fsp3) is 0. The zero-order chi connectivity index (χ0) is 15.7. The second-order valence-electron chi connectivity index (χ2n) is 4.29. The minimum absolute atomic E-state index is 0.0682. The number of hydrogen-bond acceptors (Lipinski definition) is 4. The molecule has 0 aliphatic carbocycles. The number of thiophene rings is 1. The van der Waals surface area contributed by atoms with Gasteiger partial charge in [-0.25, -0.2) is 13.1 Å². The van der Waals surface area contributed by atoms with Crippen LogP contribution in [0.1, 0.15) is 0 Å². The molecule has 1 N–H and O–H groups in total. The third-order valence-electron chi connectivity index (χ3n) is 2.78. The van der Waals surface area contributed by atoms with Crippen LogP contribution in [-0.4, -0.2) is 18.2 Å². The number of nitrogens with zero attached hydrogens (tertiary/aromatic N) is 2. The van der Waals surface area contributed by atoms with E-state index >= 15 is 0 Å². The normalized spacial score (nSPS) is 11.5. The molecule has 3 rings (SSSR count). The lowest BCUT2D eigenvalue weighted by Crippen LogP contribution is -2.11. The molecular weight excluding hydrogens is 365 g/mol. The lowest BCUT2D eigenvalue weighted by Gasteiger charge is -2.07. The van der Waals surface area contributed by atoms with Crippen LogP contribution in [0.5, 0.6) is 0 Å². The molecule has 0 fully saturated rings. The van der Waals surface area contributed by atoms with Gasteiger partial charge in [0.05, 0.1) is 10.7 Å². The Labute approximate surface area is 141 Å². The lowest BCUT2D eigenvalue weighted by molar-refractivity contribution is 0.603. The first-order valence-electron chi connectivity index (χ1n) is 6.03. The van der Waals surface area contributed by atoms with Gasteiger partial charge in [-0.1, -0.05) is 23.2 Å². The van der Waals surface area contributed by atoms with Gasteiger partial charge in [-0.15, -0.1) is 11.3 Å². The van der Waals surface area contributed by atoms with Crippen LogP contribution in [0.15, 0.2) is 53.0 Å². The third-order valence-corrected chi connectivity index (χ3v) is 6.50. The van der Waals surface area contributed by atoms with E-state index in [1.807, 2.05) is 0 Å². The summed E-state index contributed by atoms with van der Waals surface area (Å²) in [4.78, 5) is 0. The van der Waals surface area contributed by atoms with E-state index in [1.165, 1.54) is 6.07 Å². The molecule has 0 radical (unpaired) electrons. The highest BCUT2D eigenvalue weighted by atomic mass is 35.5. The first-order valence-corrected chi connectivity index (χ1v) is 9.09. The zero-order valence-electron chi connectivity index (χ0n) is 10.9. The second-order valence-corrected chi connectivity index (χ2v) is 8.26. The summed E-state index contributed by atoms with van der Waals surface area (Å²) < 4.78 is 29.0. The second kappa shape index (κ2) is 5.92. The van der Waals surface area contributed by atoms with E-state index in [9.17, 15) is 8.42 Å². The summed E-state index contributed by atoms with van der Waals surface area (Å²) in [6.45, 7) is 0. The van der Waals surface area contributed by atoms with Gasteiger partial charge in [-0.3, -0.25) is 4.72 Å². The van der Waals surface area contributed by atoms with Gasteiger partial charge in [0.1, 0.15) is 8.55 Å². The summed E-state index contributed by atoms with van der Waals surface area (Å²) in [5.41, 5.74) is 1.27. The Bertz CT molecular complexity index is 869. The first kappa shape index (κ1) is 15.4. The van der Waals surface area contributed by atoms with Crippen molar-refractivity contribution in [2.45, 2.75) is 4.21 Å². The van der Waals surface area contributed by atoms with E-state index < -0.39 is 10.0 Å². The smallest absolute Gasteiger partial charge is 0.271 e. The minimum Gasteiger partial charge on any atom is -0.279 e. The van der Waals surface area contributed by atoms with Gasteiger partial charge in [0.15, 0.2) is 0 Å². The van der Waals surface area contributed by atoms with Gasteiger partial charge in [0, 0.05) is 18.1 Å². The predicted octanol–water partition coefficient (Wildman–Crippen LogP) is 4.04. The quantitative estimate of drug-likeness (QED) is 0.750. The fourth-order valence-electron chi connectivity index (χ4n) is 1.77. The van der Waals surface area contributed by atoms with E-state index in [0.717, 1.165) is 17.0 Å². The summed E-state index contributed by atoms with van der Waals surface area (Å²) in [5.74, 6) is 0. The van der Waals surface area contributed by atoms with Gasteiger partial charge in [-0.2, -0.15) is 5.10 Å². The van der Waals surface area contributed by atoms with Crippen LogP contribution in [0.2, 0.25) is 9.36 Å². The first-order chi connectivity index (χ1) is 10.5. The minimum atomic E-state index is -3.70. The average molecular weight is 374 g/mol. The van der Waals surface area contributed by atoms with E-state index in [2.05, 4.69) is 9.82 Å².